The van der Waals surface area contributed by atoms with Crippen LogP contribution in [0.25, 0.3) is 0 Å². The first kappa shape index (κ1) is 12.5. The third-order valence-electron chi connectivity index (χ3n) is 2.23. The molecule has 0 spiro atoms. The number of thiophene rings is 1. The second kappa shape index (κ2) is 5.52. The molecule has 1 N–H and O–H groups in total. The maximum atomic E-state index is 11.6. The Kier molecular flexibility index (Phi) is 4.61. The van der Waals surface area contributed by atoms with Crippen LogP contribution in [0.3, 0.4) is 0 Å². The molecule has 0 unspecified atom stereocenters. The lowest BCUT2D eigenvalue weighted by Gasteiger charge is -2.20. The molecule has 0 radical (unpaired) electrons. The summed E-state index contributed by atoms with van der Waals surface area (Å²) in [5, 5.41) is 7.03. The SMILES string of the molecule is CC(C)(CCl)C(=O)NCCc1ccsc1. The van der Waals surface area contributed by atoms with Gasteiger partial charge >= 0.3 is 0 Å². The van der Waals surface area contributed by atoms with Crippen LogP contribution in [-0.2, 0) is 11.2 Å². The van der Waals surface area contributed by atoms with Crippen molar-refractivity contribution in [3.05, 3.63) is 22.4 Å². The van der Waals surface area contributed by atoms with Crippen molar-refractivity contribution in [2.45, 2.75) is 20.3 Å². The summed E-state index contributed by atoms with van der Waals surface area (Å²) in [5.74, 6) is 0.366. The van der Waals surface area contributed by atoms with Crippen LogP contribution in [-0.4, -0.2) is 18.3 Å². The van der Waals surface area contributed by atoms with Crippen molar-refractivity contribution in [1.82, 2.24) is 5.32 Å². The van der Waals surface area contributed by atoms with Gasteiger partial charge in [0.25, 0.3) is 0 Å². The summed E-state index contributed by atoms with van der Waals surface area (Å²) in [7, 11) is 0. The molecule has 0 aliphatic carbocycles. The predicted molar refractivity (Wildman–Crippen MR) is 65.5 cm³/mol. The number of amides is 1. The van der Waals surface area contributed by atoms with E-state index in [1.54, 1.807) is 11.3 Å². The monoisotopic (exact) mass is 245 g/mol. The van der Waals surface area contributed by atoms with Crippen LogP contribution in [0.4, 0.5) is 0 Å². The molecule has 1 aromatic heterocycles. The Bertz CT molecular complexity index is 308. The van der Waals surface area contributed by atoms with Crippen molar-refractivity contribution in [2.75, 3.05) is 12.4 Å². The predicted octanol–water partition coefficient (Wildman–Crippen LogP) is 2.67. The number of alkyl halides is 1. The summed E-state index contributed by atoms with van der Waals surface area (Å²) in [6.07, 6.45) is 0.883. The molecule has 0 aliphatic rings. The van der Waals surface area contributed by atoms with E-state index in [0.717, 1.165) is 6.42 Å². The number of nitrogens with one attached hydrogen (secondary N) is 1. The van der Waals surface area contributed by atoms with Crippen molar-refractivity contribution < 1.29 is 4.79 Å². The third kappa shape index (κ3) is 3.84. The van der Waals surface area contributed by atoms with Gasteiger partial charge in [0.15, 0.2) is 0 Å². The van der Waals surface area contributed by atoms with Gasteiger partial charge in [0.2, 0.25) is 5.91 Å². The number of halogens is 1. The molecule has 0 aliphatic heterocycles. The number of rotatable bonds is 5. The highest BCUT2D eigenvalue weighted by Gasteiger charge is 2.25. The summed E-state index contributed by atoms with van der Waals surface area (Å²) in [4.78, 5) is 11.6. The molecule has 0 bridgehead atoms. The third-order valence-corrected chi connectivity index (χ3v) is 3.63. The second-order valence-corrected chi connectivity index (χ2v) is 5.20. The van der Waals surface area contributed by atoms with Gasteiger partial charge in [0, 0.05) is 12.4 Å². The molecule has 0 saturated carbocycles. The highest BCUT2D eigenvalue weighted by Crippen LogP contribution is 2.16. The van der Waals surface area contributed by atoms with Crippen LogP contribution in [0.2, 0.25) is 0 Å². The lowest BCUT2D eigenvalue weighted by atomic mass is 9.95. The minimum Gasteiger partial charge on any atom is -0.355 e. The van der Waals surface area contributed by atoms with E-state index in [1.807, 2.05) is 19.2 Å². The number of carbonyl (C=O) groups is 1. The molecule has 84 valence electrons. The van der Waals surface area contributed by atoms with Gasteiger partial charge in [-0.1, -0.05) is 0 Å². The molecule has 1 heterocycles. The molecule has 4 heteroatoms. The van der Waals surface area contributed by atoms with E-state index in [-0.39, 0.29) is 5.91 Å². The minimum atomic E-state index is -0.476. The summed E-state index contributed by atoms with van der Waals surface area (Å²) >= 11 is 7.38. The second-order valence-electron chi connectivity index (χ2n) is 4.16. The standard InChI is InChI=1S/C11H16ClNOS/c1-11(2,8-12)10(14)13-5-3-9-4-6-15-7-9/h4,6-7H,3,5,8H2,1-2H3,(H,13,14). The van der Waals surface area contributed by atoms with Gasteiger partial charge in [-0.05, 0) is 42.7 Å². The molecular formula is C11H16ClNOS. The normalized spacial score (nSPS) is 11.4. The number of carbonyl (C=O) groups excluding carboxylic acids is 1. The Hall–Kier alpha value is -0.540. The van der Waals surface area contributed by atoms with E-state index >= 15 is 0 Å². The van der Waals surface area contributed by atoms with E-state index in [1.165, 1.54) is 5.56 Å². The zero-order chi connectivity index (χ0) is 11.3. The molecular weight excluding hydrogens is 230 g/mol. The van der Waals surface area contributed by atoms with Crippen molar-refractivity contribution >= 4 is 28.8 Å². The Balaban J connectivity index is 2.29. The molecule has 0 saturated heterocycles. The van der Waals surface area contributed by atoms with E-state index in [2.05, 4.69) is 16.8 Å². The Morgan fingerprint density at radius 3 is 2.87 bits per heavy atom. The molecule has 1 aromatic rings. The van der Waals surface area contributed by atoms with Crippen LogP contribution < -0.4 is 5.32 Å². The zero-order valence-electron chi connectivity index (χ0n) is 9.05. The van der Waals surface area contributed by atoms with Gasteiger partial charge in [0.05, 0.1) is 5.41 Å². The Morgan fingerprint density at radius 1 is 1.60 bits per heavy atom. The maximum absolute atomic E-state index is 11.6. The number of hydrogen-bond donors (Lipinski definition) is 1. The topological polar surface area (TPSA) is 29.1 Å². The summed E-state index contributed by atoms with van der Waals surface area (Å²) in [6.45, 7) is 4.37. The van der Waals surface area contributed by atoms with Gasteiger partial charge in [-0.15, -0.1) is 11.6 Å². The number of hydrogen-bond acceptors (Lipinski definition) is 2. The molecule has 1 amide bonds. The van der Waals surface area contributed by atoms with Gasteiger partial charge in [-0.3, -0.25) is 4.79 Å². The maximum Gasteiger partial charge on any atom is 0.226 e. The summed E-state index contributed by atoms with van der Waals surface area (Å²) in [6, 6.07) is 2.07. The highest BCUT2D eigenvalue weighted by molar-refractivity contribution is 7.07. The van der Waals surface area contributed by atoms with E-state index in [4.69, 9.17) is 11.6 Å². The molecule has 0 aromatic carbocycles. The molecule has 0 fully saturated rings. The van der Waals surface area contributed by atoms with Crippen LogP contribution in [0.15, 0.2) is 16.8 Å². The molecule has 2 nitrogen and oxygen atoms in total. The molecule has 15 heavy (non-hydrogen) atoms. The quantitative estimate of drug-likeness (QED) is 0.794. The fourth-order valence-electron chi connectivity index (χ4n) is 1.06. The van der Waals surface area contributed by atoms with Gasteiger partial charge in [-0.25, -0.2) is 0 Å². The van der Waals surface area contributed by atoms with Crippen LogP contribution in [0.1, 0.15) is 19.4 Å². The first-order chi connectivity index (χ1) is 7.06. The lowest BCUT2D eigenvalue weighted by molar-refractivity contribution is -0.128. The van der Waals surface area contributed by atoms with Gasteiger partial charge < -0.3 is 5.32 Å². The van der Waals surface area contributed by atoms with Crippen molar-refractivity contribution in [3.8, 4) is 0 Å². The van der Waals surface area contributed by atoms with E-state index < -0.39 is 5.41 Å². The van der Waals surface area contributed by atoms with Gasteiger partial charge in [0.1, 0.15) is 0 Å². The van der Waals surface area contributed by atoms with Crippen molar-refractivity contribution in [2.24, 2.45) is 5.41 Å². The lowest BCUT2D eigenvalue weighted by Crippen LogP contribution is -2.39. The Labute approximate surface area is 99.6 Å². The largest absolute Gasteiger partial charge is 0.355 e. The van der Waals surface area contributed by atoms with E-state index in [9.17, 15) is 4.79 Å². The first-order valence-corrected chi connectivity index (χ1v) is 6.39. The minimum absolute atomic E-state index is 0.0210. The fraction of sp³-hybridized carbons (Fsp3) is 0.545. The van der Waals surface area contributed by atoms with Crippen LogP contribution in [0, 0.1) is 5.41 Å². The fourth-order valence-corrected chi connectivity index (χ4v) is 1.88. The van der Waals surface area contributed by atoms with Crippen molar-refractivity contribution in [1.29, 1.82) is 0 Å². The smallest absolute Gasteiger partial charge is 0.226 e. The van der Waals surface area contributed by atoms with Gasteiger partial charge in [-0.2, -0.15) is 11.3 Å². The van der Waals surface area contributed by atoms with Crippen LogP contribution in [0.5, 0.6) is 0 Å². The Morgan fingerprint density at radius 2 is 2.33 bits per heavy atom. The summed E-state index contributed by atoms with van der Waals surface area (Å²) in [5.41, 5.74) is 0.792. The first-order valence-electron chi connectivity index (χ1n) is 4.91. The van der Waals surface area contributed by atoms with Crippen molar-refractivity contribution in [3.63, 3.8) is 0 Å². The van der Waals surface area contributed by atoms with E-state index in [0.29, 0.717) is 12.4 Å². The highest BCUT2D eigenvalue weighted by atomic mass is 35.5. The summed E-state index contributed by atoms with van der Waals surface area (Å²) < 4.78 is 0. The molecule has 1 rings (SSSR count). The average molecular weight is 246 g/mol. The average Bonchev–Trinajstić information content (AvgIpc) is 2.70. The van der Waals surface area contributed by atoms with Crippen LogP contribution >= 0.6 is 22.9 Å². The molecule has 0 atom stereocenters. The zero-order valence-corrected chi connectivity index (χ0v) is 10.6.